The number of rotatable bonds is 8. The quantitative estimate of drug-likeness (QED) is 0.746. The largest absolute Gasteiger partial charge is 0.497 e. The first-order valence-electron chi connectivity index (χ1n) is 7.04. The standard InChI is InChI=1S/C16H27NO/c1-5-12-17-16(11-6-13(2)3)14-7-9-15(18-4)10-8-14/h7-10,13,16-17H,5-6,11-12H2,1-4H3. The van der Waals surface area contributed by atoms with Crippen molar-refractivity contribution >= 4 is 0 Å². The first-order valence-corrected chi connectivity index (χ1v) is 7.04. The van der Waals surface area contributed by atoms with Gasteiger partial charge in [-0.3, -0.25) is 0 Å². The van der Waals surface area contributed by atoms with Crippen LogP contribution < -0.4 is 10.1 Å². The fourth-order valence-corrected chi connectivity index (χ4v) is 2.04. The van der Waals surface area contributed by atoms with Gasteiger partial charge in [-0.15, -0.1) is 0 Å². The van der Waals surface area contributed by atoms with E-state index in [1.807, 2.05) is 12.1 Å². The molecule has 0 radical (unpaired) electrons. The molecule has 0 spiro atoms. The van der Waals surface area contributed by atoms with Gasteiger partial charge < -0.3 is 10.1 Å². The minimum Gasteiger partial charge on any atom is -0.497 e. The van der Waals surface area contributed by atoms with Gasteiger partial charge in [0.05, 0.1) is 7.11 Å². The Morgan fingerprint density at radius 2 is 1.78 bits per heavy atom. The van der Waals surface area contributed by atoms with Crippen molar-refractivity contribution in [3.05, 3.63) is 29.8 Å². The van der Waals surface area contributed by atoms with Crippen LogP contribution in [0.2, 0.25) is 0 Å². The molecule has 0 saturated heterocycles. The Balaban J connectivity index is 2.66. The van der Waals surface area contributed by atoms with E-state index in [2.05, 4.69) is 38.2 Å². The van der Waals surface area contributed by atoms with Crippen LogP contribution in [-0.2, 0) is 0 Å². The van der Waals surface area contributed by atoms with Crippen molar-refractivity contribution in [1.82, 2.24) is 5.32 Å². The minimum atomic E-state index is 0.471. The van der Waals surface area contributed by atoms with Crippen LogP contribution in [0.4, 0.5) is 0 Å². The fraction of sp³-hybridized carbons (Fsp3) is 0.625. The number of hydrogen-bond donors (Lipinski definition) is 1. The van der Waals surface area contributed by atoms with E-state index in [1.54, 1.807) is 7.11 Å². The third kappa shape index (κ3) is 5.09. The molecule has 0 aromatic heterocycles. The van der Waals surface area contributed by atoms with Gasteiger partial charge in [0.25, 0.3) is 0 Å². The smallest absolute Gasteiger partial charge is 0.118 e. The summed E-state index contributed by atoms with van der Waals surface area (Å²) in [5.74, 6) is 1.69. The van der Waals surface area contributed by atoms with E-state index in [0.29, 0.717) is 6.04 Å². The Bertz CT molecular complexity index is 318. The molecule has 0 amide bonds. The molecule has 0 heterocycles. The predicted octanol–water partition coefficient (Wildman–Crippen LogP) is 4.17. The van der Waals surface area contributed by atoms with E-state index in [4.69, 9.17) is 4.74 Å². The van der Waals surface area contributed by atoms with E-state index in [9.17, 15) is 0 Å². The summed E-state index contributed by atoms with van der Waals surface area (Å²) in [6, 6.07) is 8.91. The highest BCUT2D eigenvalue weighted by Gasteiger charge is 2.11. The molecule has 0 aliphatic heterocycles. The molecule has 0 bridgehead atoms. The van der Waals surface area contributed by atoms with Crippen LogP contribution in [-0.4, -0.2) is 13.7 Å². The summed E-state index contributed by atoms with van der Waals surface area (Å²) >= 11 is 0. The number of hydrogen-bond acceptors (Lipinski definition) is 2. The van der Waals surface area contributed by atoms with Gasteiger partial charge in [0.1, 0.15) is 5.75 Å². The fourth-order valence-electron chi connectivity index (χ4n) is 2.04. The lowest BCUT2D eigenvalue weighted by Crippen LogP contribution is -2.22. The molecule has 1 atom stereocenters. The van der Waals surface area contributed by atoms with Gasteiger partial charge in [-0.05, 0) is 49.4 Å². The number of benzene rings is 1. The van der Waals surface area contributed by atoms with E-state index in [1.165, 1.54) is 24.8 Å². The Hall–Kier alpha value is -1.02. The topological polar surface area (TPSA) is 21.3 Å². The third-order valence-corrected chi connectivity index (χ3v) is 3.19. The summed E-state index contributed by atoms with van der Waals surface area (Å²) < 4.78 is 5.21. The molecule has 1 rings (SSSR count). The summed E-state index contributed by atoms with van der Waals surface area (Å²) in [6.45, 7) is 7.85. The van der Waals surface area contributed by atoms with E-state index < -0.39 is 0 Å². The first kappa shape index (κ1) is 15.0. The molecule has 2 heteroatoms. The van der Waals surface area contributed by atoms with Gasteiger partial charge in [0, 0.05) is 6.04 Å². The van der Waals surface area contributed by atoms with Crippen molar-refractivity contribution in [2.45, 2.75) is 46.1 Å². The van der Waals surface area contributed by atoms with Crippen LogP contribution in [0.1, 0.15) is 51.6 Å². The Morgan fingerprint density at radius 1 is 1.11 bits per heavy atom. The SMILES string of the molecule is CCCNC(CCC(C)C)c1ccc(OC)cc1. The summed E-state index contributed by atoms with van der Waals surface area (Å²) in [5.41, 5.74) is 1.37. The van der Waals surface area contributed by atoms with Gasteiger partial charge in [-0.1, -0.05) is 32.9 Å². The summed E-state index contributed by atoms with van der Waals surface area (Å²) in [7, 11) is 1.71. The second kappa shape index (κ2) is 8.15. The van der Waals surface area contributed by atoms with E-state index in [-0.39, 0.29) is 0 Å². The number of nitrogens with one attached hydrogen (secondary N) is 1. The maximum Gasteiger partial charge on any atom is 0.118 e. The Morgan fingerprint density at radius 3 is 2.28 bits per heavy atom. The molecule has 18 heavy (non-hydrogen) atoms. The third-order valence-electron chi connectivity index (χ3n) is 3.19. The van der Waals surface area contributed by atoms with Crippen molar-refractivity contribution in [1.29, 1.82) is 0 Å². The lowest BCUT2D eigenvalue weighted by Gasteiger charge is -2.20. The maximum absolute atomic E-state index is 5.21. The molecular formula is C16H27NO. The summed E-state index contributed by atoms with van der Waals surface area (Å²) in [5, 5.41) is 3.64. The molecule has 0 fully saturated rings. The number of methoxy groups -OCH3 is 1. The summed E-state index contributed by atoms with van der Waals surface area (Å²) in [6.07, 6.45) is 3.63. The molecule has 1 N–H and O–H groups in total. The number of ether oxygens (including phenoxy) is 1. The predicted molar refractivity (Wildman–Crippen MR) is 78.1 cm³/mol. The van der Waals surface area contributed by atoms with Crippen LogP contribution >= 0.6 is 0 Å². The zero-order valence-electron chi connectivity index (χ0n) is 12.2. The van der Waals surface area contributed by atoms with Crippen molar-refractivity contribution in [3.63, 3.8) is 0 Å². The second-order valence-corrected chi connectivity index (χ2v) is 5.25. The average Bonchev–Trinajstić information content (AvgIpc) is 2.39. The summed E-state index contributed by atoms with van der Waals surface area (Å²) in [4.78, 5) is 0. The molecule has 1 aromatic rings. The lowest BCUT2D eigenvalue weighted by molar-refractivity contribution is 0.413. The Labute approximate surface area is 112 Å². The van der Waals surface area contributed by atoms with Crippen molar-refractivity contribution in [2.24, 2.45) is 5.92 Å². The molecule has 0 saturated carbocycles. The molecule has 0 aliphatic rings. The molecule has 1 aromatic carbocycles. The minimum absolute atomic E-state index is 0.471. The van der Waals surface area contributed by atoms with E-state index in [0.717, 1.165) is 18.2 Å². The van der Waals surface area contributed by atoms with Crippen LogP contribution in [0.3, 0.4) is 0 Å². The van der Waals surface area contributed by atoms with Gasteiger partial charge in [-0.2, -0.15) is 0 Å². The van der Waals surface area contributed by atoms with Gasteiger partial charge >= 0.3 is 0 Å². The normalized spacial score (nSPS) is 12.7. The van der Waals surface area contributed by atoms with Crippen molar-refractivity contribution < 1.29 is 4.74 Å². The molecule has 0 aliphatic carbocycles. The first-order chi connectivity index (χ1) is 8.67. The van der Waals surface area contributed by atoms with Crippen molar-refractivity contribution in [2.75, 3.05) is 13.7 Å². The lowest BCUT2D eigenvalue weighted by atomic mass is 9.97. The zero-order valence-corrected chi connectivity index (χ0v) is 12.2. The van der Waals surface area contributed by atoms with Gasteiger partial charge in [0.15, 0.2) is 0 Å². The molecule has 102 valence electrons. The van der Waals surface area contributed by atoms with Crippen LogP contribution in [0.15, 0.2) is 24.3 Å². The highest BCUT2D eigenvalue weighted by Crippen LogP contribution is 2.23. The molecule has 1 unspecified atom stereocenters. The Kier molecular flexibility index (Phi) is 6.81. The van der Waals surface area contributed by atoms with Crippen LogP contribution in [0.25, 0.3) is 0 Å². The highest BCUT2D eigenvalue weighted by molar-refractivity contribution is 5.29. The van der Waals surface area contributed by atoms with E-state index >= 15 is 0 Å². The maximum atomic E-state index is 5.21. The average molecular weight is 249 g/mol. The van der Waals surface area contributed by atoms with Gasteiger partial charge in [0.2, 0.25) is 0 Å². The zero-order chi connectivity index (χ0) is 13.4. The highest BCUT2D eigenvalue weighted by atomic mass is 16.5. The molecular weight excluding hydrogens is 222 g/mol. The van der Waals surface area contributed by atoms with Gasteiger partial charge in [-0.25, -0.2) is 0 Å². The monoisotopic (exact) mass is 249 g/mol. The second-order valence-electron chi connectivity index (χ2n) is 5.25. The van der Waals surface area contributed by atoms with Crippen LogP contribution in [0.5, 0.6) is 5.75 Å². The molecule has 2 nitrogen and oxygen atoms in total. The van der Waals surface area contributed by atoms with Crippen LogP contribution in [0, 0.1) is 5.92 Å². The van der Waals surface area contributed by atoms with Crippen molar-refractivity contribution in [3.8, 4) is 5.75 Å².